The number of aromatic nitrogens is 4. The molecule has 2 aromatic heterocycles. The maximum absolute atomic E-state index is 13.5. The van der Waals surface area contributed by atoms with Crippen LogP contribution < -0.4 is 10.6 Å². The van der Waals surface area contributed by atoms with Crippen molar-refractivity contribution in [1.29, 1.82) is 0 Å². The third kappa shape index (κ3) is 2.78. The zero-order valence-electron chi connectivity index (χ0n) is 13.9. The number of nitrogens with zero attached hydrogens (tertiary/aromatic N) is 5. The van der Waals surface area contributed by atoms with Crippen LogP contribution in [0.4, 0.5) is 16.0 Å². The summed E-state index contributed by atoms with van der Waals surface area (Å²) < 4.78 is 20.6. The van der Waals surface area contributed by atoms with Crippen molar-refractivity contribution < 1.29 is 9.13 Å². The summed E-state index contributed by atoms with van der Waals surface area (Å²) in [4.78, 5) is 15.4. The number of imidazole rings is 1. The van der Waals surface area contributed by atoms with E-state index >= 15 is 0 Å². The average molecular weight is 342 g/mol. The number of rotatable bonds is 3. The molecule has 1 atom stereocenters. The molecule has 1 aromatic carbocycles. The number of nitrogens with two attached hydrogens (primary N) is 1. The van der Waals surface area contributed by atoms with E-state index in [4.69, 9.17) is 10.5 Å². The van der Waals surface area contributed by atoms with Crippen molar-refractivity contribution in [2.45, 2.75) is 19.6 Å². The quantitative estimate of drug-likeness (QED) is 0.785. The van der Waals surface area contributed by atoms with Crippen LogP contribution in [-0.4, -0.2) is 45.3 Å². The summed E-state index contributed by atoms with van der Waals surface area (Å²) in [6.45, 7) is 3.33. The Bertz CT molecular complexity index is 911. The van der Waals surface area contributed by atoms with E-state index in [0.29, 0.717) is 36.3 Å². The topological polar surface area (TPSA) is 82.1 Å². The number of para-hydroxylation sites is 2. The summed E-state index contributed by atoms with van der Waals surface area (Å²) in [5.41, 5.74) is 7.47. The van der Waals surface area contributed by atoms with Gasteiger partial charge in [-0.15, -0.1) is 0 Å². The summed E-state index contributed by atoms with van der Waals surface area (Å²) in [7, 11) is 0. The lowest BCUT2D eigenvalue weighted by atomic mass is 10.2. The molecule has 1 aliphatic heterocycles. The molecule has 0 saturated carbocycles. The lowest BCUT2D eigenvalue weighted by Crippen LogP contribution is -2.44. The fourth-order valence-electron chi connectivity index (χ4n) is 3.14. The van der Waals surface area contributed by atoms with Gasteiger partial charge in [0.25, 0.3) is 0 Å². The Morgan fingerprint density at radius 3 is 2.92 bits per heavy atom. The summed E-state index contributed by atoms with van der Waals surface area (Å²) in [5, 5.41) is 0. The van der Waals surface area contributed by atoms with Crippen LogP contribution in [0.15, 0.2) is 30.3 Å². The molecule has 2 N–H and O–H groups in total. The number of morpholine rings is 1. The van der Waals surface area contributed by atoms with Crippen LogP contribution >= 0.6 is 0 Å². The molecule has 7 nitrogen and oxygen atoms in total. The van der Waals surface area contributed by atoms with Crippen LogP contribution in [-0.2, 0) is 11.4 Å². The molecule has 130 valence electrons. The summed E-state index contributed by atoms with van der Waals surface area (Å²) in [6.07, 6.45) is 0. The van der Waals surface area contributed by atoms with Gasteiger partial charge < -0.3 is 15.4 Å². The monoisotopic (exact) mass is 342 g/mol. The van der Waals surface area contributed by atoms with Crippen molar-refractivity contribution in [3.63, 3.8) is 0 Å². The van der Waals surface area contributed by atoms with Gasteiger partial charge in [-0.3, -0.25) is 4.57 Å². The van der Waals surface area contributed by atoms with Crippen molar-refractivity contribution in [3.8, 4) is 5.95 Å². The third-order valence-electron chi connectivity index (χ3n) is 4.33. The number of nitrogen functional groups attached to an aromatic ring is 1. The molecule has 1 fully saturated rings. The van der Waals surface area contributed by atoms with Gasteiger partial charge in [0.1, 0.15) is 24.1 Å². The van der Waals surface area contributed by atoms with Crippen molar-refractivity contribution in [3.05, 3.63) is 36.2 Å². The van der Waals surface area contributed by atoms with Gasteiger partial charge in [0.05, 0.1) is 30.3 Å². The number of anilines is 2. The first-order valence-corrected chi connectivity index (χ1v) is 8.19. The number of hydrogen-bond donors (Lipinski definition) is 1. The largest absolute Gasteiger partial charge is 0.383 e. The number of hydrogen-bond acceptors (Lipinski definition) is 6. The van der Waals surface area contributed by atoms with Gasteiger partial charge in [-0.2, -0.15) is 9.97 Å². The predicted octanol–water partition coefficient (Wildman–Crippen LogP) is 2.09. The van der Waals surface area contributed by atoms with E-state index in [9.17, 15) is 4.39 Å². The minimum Gasteiger partial charge on any atom is -0.383 e. The normalized spacial score (nSPS) is 18.0. The zero-order valence-corrected chi connectivity index (χ0v) is 13.9. The molecule has 1 unspecified atom stereocenters. The standard InChI is InChI=1S/C17H19FN6O/c1-11-10-25-7-6-23(11)15-8-14(19)21-17(22-15)24-13-5-3-2-4-12(13)20-16(24)9-18/h2-5,8,11H,6-7,9-10H2,1H3,(H2,19,21,22). The smallest absolute Gasteiger partial charge is 0.239 e. The van der Waals surface area contributed by atoms with Crippen molar-refractivity contribution in [1.82, 2.24) is 19.5 Å². The van der Waals surface area contributed by atoms with E-state index in [1.807, 2.05) is 24.3 Å². The Morgan fingerprint density at radius 2 is 2.12 bits per heavy atom. The second kappa shape index (κ2) is 6.29. The van der Waals surface area contributed by atoms with Gasteiger partial charge in [0, 0.05) is 12.6 Å². The molecule has 4 rings (SSSR count). The Morgan fingerprint density at radius 1 is 1.28 bits per heavy atom. The molecule has 0 aliphatic carbocycles. The first-order valence-electron chi connectivity index (χ1n) is 8.19. The van der Waals surface area contributed by atoms with E-state index in [2.05, 4.69) is 26.8 Å². The van der Waals surface area contributed by atoms with Gasteiger partial charge in [-0.1, -0.05) is 12.1 Å². The third-order valence-corrected chi connectivity index (χ3v) is 4.33. The van der Waals surface area contributed by atoms with Crippen LogP contribution in [0.5, 0.6) is 0 Å². The molecule has 1 aliphatic rings. The van der Waals surface area contributed by atoms with E-state index < -0.39 is 6.67 Å². The SMILES string of the molecule is CC1COCCN1c1cc(N)nc(-n2c(CF)nc3ccccc32)n1. The number of halogens is 1. The molecular formula is C17H19FN6O. The number of benzene rings is 1. The summed E-state index contributed by atoms with van der Waals surface area (Å²) >= 11 is 0. The van der Waals surface area contributed by atoms with Crippen LogP contribution in [0.2, 0.25) is 0 Å². The van der Waals surface area contributed by atoms with Gasteiger partial charge in [-0.05, 0) is 19.1 Å². The molecule has 8 heteroatoms. The lowest BCUT2D eigenvalue weighted by molar-refractivity contribution is 0.0985. The van der Waals surface area contributed by atoms with E-state index in [-0.39, 0.29) is 11.9 Å². The zero-order chi connectivity index (χ0) is 17.4. The van der Waals surface area contributed by atoms with E-state index in [1.165, 1.54) is 0 Å². The molecule has 3 heterocycles. The Hall–Kier alpha value is -2.74. The molecule has 0 radical (unpaired) electrons. The highest BCUT2D eigenvalue weighted by Gasteiger charge is 2.22. The second-order valence-electron chi connectivity index (χ2n) is 6.05. The Labute approximate surface area is 144 Å². The molecule has 1 saturated heterocycles. The maximum atomic E-state index is 13.5. The lowest BCUT2D eigenvalue weighted by Gasteiger charge is -2.34. The average Bonchev–Trinajstić information content (AvgIpc) is 3.00. The molecule has 25 heavy (non-hydrogen) atoms. The highest BCUT2D eigenvalue weighted by atomic mass is 19.1. The minimum absolute atomic E-state index is 0.177. The molecule has 0 spiro atoms. The predicted molar refractivity (Wildman–Crippen MR) is 93.5 cm³/mol. The summed E-state index contributed by atoms with van der Waals surface area (Å²) in [5.74, 6) is 1.63. The van der Waals surface area contributed by atoms with Crippen molar-refractivity contribution in [2.24, 2.45) is 0 Å². The van der Waals surface area contributed by atoms with Crippen LogP contribution in [0.25, 0.3) is 17.0 Å². The van der Waals surface area contributed by atoms with Crippen LogP contribution in [0.3, 0.4) is 0 Å². The Balaban J connectivity index is 1.86. The van der Waals surface area contributed by atoms with Gasteiger partial charge in [-0.25, -0.2) is 9.37 Å². The maximum Gasteiger partial charge on any atom is 0.239 e. The van der Waals surface area contributed by atoms with Crippen molar-refractivity contribution in [2.75, 3.05) is 30.4 Å². The fraction of sp³-hybridized carbons (Fsp3) is 0.353. The van der Waals surface area contributed by atoms with Crippen LogP contribution in [0.1, 0.15) is 12.7 Å². The first-order chi connectivity index (χ1) is 12.2. The van der Waals surface area contributed by atoms with Crippen LogP contribution in [0, 0.1) is 0 Å². The second-order valence-corrected chi connectivity index (χ2v) is 6.05. The number of alkyl halides is 1. The molecule has 0 amide bonds. The van der Waals surface area contributed by atoms with Gasteiger partial charge >= 0.3 is 0 Å². The highest BCUT2D eigenvalue weighted by Crippen LogP contribution is 2.24. The van der Waals surface area contributed by atoms with Crippen molar-refractivity contribution >= 4 is 22.7 Å². The molecular weight excluding hydrogens is 323 g/mol. The fourth-order valence-corrected chi connectivity index (χ4v) is 3.14. The highest BCUT2D eigenvalue weighted by molar-refractivity contribution is 5.77. The Kier molecular flexibility index (Phi) is 3.96. The molecule has 3 aromatic rings. The first kappa shape index (κ1) is 15.8. The van der Waals surface area contributed by atoms with Gasteiger partial charge in [0.15, 0.2) is 0 Å². The number of fused-ring (bicyclic) bond motifs is 1. The van der Waals surface area contributed by atoms with E-state index in [1.54, 1.807) is 10.6 Å². The van der Waals surface area contributed by atoms with E-state index in [0.717, 1.165) is 12.1 Å². The summed E-state index contributed by atoms with van der Waals surface area (Å²) in [6, 6.07) is 9.35. The molecule has 0 bridgehead atoms. The van der Waals surface area contributed by atoms with Gasteiger partial charge in [0.2, 0.25) is 5.95 Å². The number of ether oxygens (including phenoxy) is 1. The minimum atomic E-state index is -0.712.